The third kappa shape index (κ3) is 4.20. The van der Waals surface area contributed by atoms with Crippen molar-refractivity contribution in [3.63, 3.8) is 0 Å². The summed E-state index contributed by atoms with van der Waals surface area (Å²) in [7, 11) is 0. The Balaban J connectivity index is 2.66. The molecule has 0 spiro atoms. The normalized spacial score (nSPS) is 11.6. The van der Waals surface area contributed by atoms with Gasteiger partial charge in [-0.1, -0.05) is 48.3 Å². The maximum atomic E-state index is 11.5. The van der Waals surface area contributed by atoms with Crippen LogP contribution in [0.25, 0.3) is 0 Å². The van der Waals surface area contributed by atoms with E-state index in [-0.39, 0.29) is 11.1 Å². The van der Waals surface area contributed by atoms with Crippen molar-refractivity contribution >= 4 is 40.2 Å². The smallest absolute Gasteiger partial charge is 0.297 e. The average molecular weight is 289 g/mol. The molecule has 1 aromatic rings. The molecule has 0 aromatic heterocycles. The number of hydrogen-bond acceptors (Lipinski definition) is 3. The summed E-state index contributed by atoms with van der Waals surface area (Å²) in [4.78, 5) is 16.1. The Morgan fingerprint density at radius 2 is 2.11 bits per heavy atom. The van der Waals surface area contributed by atoms with Crippen molar-refractivity contribution < 1.29 is 9.63 Å². The molecule has 0 heterocycles. The van der Waals surface area contributed by atoms with Crippen LogP contribution in [0.4, 0.5) is 10.5 Å². The summed E-state index contributed by atoms with van der Waals surface area (Å²) in [5, 5.41) is 6.84. The third-order valence-electron chi connectivity index (χ3n) is 2.20. The fraction of sp³-hybridized carbons (Fsp3) is 0.333. The van der Waals surface area contributed by atoms with Crippen LogP contribution in [0.5, 0.6) is 0 Å². The number of halogens is 2. The minimum Gasteiger partial charge on any atom is -0.297 e. The molecule has 0 saturated heterocycles. The molecule has 0 saturated carbocycles. The van der Waals surface area contributed by atoms with Crippen molar-refractivity contribution in [3.05, 3.63) is 28.8 Å². The summed E-state index contributed by atoms with van der Waals surface area (Å²) in [5.41, 5.74) is 1.33. The van der Waals surface area contributed by atoms with E-state index in [1.165, 1.54) is 0 Å². The van der Waals surface area contributed by atoms with Crippen LogP contribution in [0.2, 0.25) is 5.02 Å². The van der Waals surface area contributed by atoms with Crippen LogP contribution in [0.1, 0.15) is 19.4 Å². The van der Waals surface area contributed by atoms with E-state index < -0.39 is 6.09 Å². The number of nitrogens with zero attached hydrogens (tertiary/aromatic N) is 1. The van der Waals surface area contributed by atoms with Gasteiger partial charge in [0.1, 0.15) is 5.17 Å². The molecular formula is C12H14Cl2N2O2. The van der Waals surface area contributed by atoms with Crippen molar-refractivity contribution in [2.75, 3.05) is 5.32 Å². The number of anilines is 1. The van der Waals surface area contributed by atoms with Gasteiger partial charge in [-0.25, -0.2) is 4.79 Å². The molecule has 18 heavy (non-hydrogen) atoms. The van der Waals surface area contributed by atoms with Gasteiger partial charge in [-0.05, 0) is 24.6 Å². The molecule has 0 radical (unpaired) electrons. The second-order valence-corrected chi connectivity index (χ2v) is 4.78. The van der Waals surface area contributed by atoms with E-state index in [2.05, 4.69) is 15.3 Å². The lowest BCUT2D eigenvalue weighted by Crippen LogP contribution is -2.13. The fourth-order valence-corrected chi connectivity index (χ4v) is 1.28. The highest BCUT2D eigenvalue weighted by atomic mass is 35.5. The molecule has 6 heteroatoms. The lowest BCUT2D eigenvalue weighted by molar-refractivity contribution is 0.166. The van der Waals surface area contributed by atoms with E-state index in [0.29, 0.717) is 10.7 Å². The van der Waals surface area contributed by atoms with Crippen LogP contribution in [0.15, 0.2) is 23.4 Å². The van der Waals surface area contributed by atoms with E-state index in [0.717, 1.165) is 5.56 Å². The van der Waals surface area contributed by atoms with Crippen molar-refractivity contribution in [2.24, 2.45) is 11.1 Å². The van der Waals surface area contributed by atoms with E-state index in [1.54, 1.807) is 25.1 Å². The van der Waals surface area contributed by atoms with E-state index in [1.807, 2.05) is 13.8 Å². The number of oxime groups is 1. The summed E-state index contributed by atoms with van der Waals surface area (Å²) >= 11 is 11.7. The maximum Gasteiger partial charge on any atom is 0.437 e. The second-order valence-electron chi connectivity index (χ2n) is 3.98. The second kappa shape index (κ2) is 6.61. The molecule has 0 aliphatic heterocycles. The standard InChI is InChI=1S/C12H14Cl2N2O2/c1-7(2)11(14)16-18-12(17)15-10-6-4-5-9(13)8(10)3/h4-7H,1-3H3,(H,15,17)/b16-11+. The molecule has 1 amide bonds. The molecule has 0 atom stereocenters. The van der Waals surface area contributed by atoms with Gasteiger partial charge in [0.25, 0.3) is 0 Å². The molecule has 0 bridgehead atoms. The van der Waals surface area contributed by atoms with Gasteiger partial charge in [0.2, 0.25) is 0 Å². The van der Waals surface area contributed by atoms with Gasteiger partial charge in [-0.2, -0.15) is 0 Å². The first-order valence-corrected chi connectivity index (χ1v) is 6.14. The van der Waals surface area contributed by atoms with Crippen molar-refractivity contribution in [2.45, 2.75) is 20.8 Å². The van der Waals surface area contributed by atoms with Crippen molar-refractivity contribution in [1.29, 1.82) is 0 Å². The predicted molar refractivity (Wildman–Crippen MR) is 74.4 cm³/mol. The van der Waals surface area contributed by atoms with Gasteiger partial charge >= 0.3 is 6.09 Å². The Hall–Kier alpha value is -1.26. The number of benzene rings is 1. The van der Waals surface area contributed by atoms with Crippen molar-refractivity contribution in [1.82, 2.24) is 0 Å². The molecule has 0 unspecified atom stereocenters. The molecule has 4 nitrogen and oxygen atoms in total. The van der Waals surface area contributed by atoms with Gasteiger partial charge in [0.15, 0.2) is 0 Å². The maximum absolute atomic E-state index is 11.5. The largest absolute Gasteiger partial charge is 0.437 e. The molecule has 1 aromatic carbocycles. The molecule has 0 aliphatic rings. The minimum atomic E-state index is -0.709. The fourth-order valence-electron chi connectivity index (χ4n) is 1.07. The van der Waals surface area contributed by atoms with Crippen molar-refractivity contribution in [3.8, 4) is 0 Å². The Labute approximate surface area is 116 Å². The van der Waals surface area contributed by atoms with Crippen LogP contribution < -0.4 is 5.32 Å². The number of rotatable bonds is 3. The first-order chi connectivity index (χ1) is 8.41. The van der Waals surface area contributed by atoms with Crippen LogP contribution >= 0.6 is 23.2 Å². The zero-order chi connectivity index (χ0) is 13.7. The number of carbonyl (C=O) groups excluding carboxylic acids is 1. The van der Waals surface area contributed by atoms with Crippen LogP contribution in [0.3, 0.4) is 0 Å². The highest BCUT2D eigenvalue weighted by Gasteiger charge is 2.08. The number of nitrogens with one attached hydrogen (secondary N) is 1. The summed E-state index contributed by atoms with van der Waals surface area (Å²) in [6, 6.07) is 5.19. The Morgan fingerprint density at radius 3 is 2.72 bits per heavy atom. The molecule has 0 aliphatic carbocycles. The topological polar surface area (TPSA) is 50.7 Å². The van der Waals surface area contributed by atoms with Gasteiger partial charge in [0.05, 0.1) is 0 Å². The highest BCUT2D eigenvalue weighted by molar-refractivity contribution is 6.65. The van der Waals surface area contributed by atoms with Gasteiger partial charge in [0, 0.05) is 16.6 Å². The van der Waals surface area contributed by atoms with Crippen LogP contribution in [0, 0.1) is 12.8 Å². The lowest BCUT2D eigenvalue weighted by Gasteiger charge is -2.08. The quantitative estimate of drug-likeness (QED) is 0.509. The number of amides is 1. The Kier molecular flexibility index (Phi) is 5.44. The first-order valence-electron chi connectivity index (χ1n) is 5.38. The van der Waals surface area contributed by atoms with Crippen LogP contribution in [-0.2, 0) is 4.84 Å². The number of hydrogen-bond donors (Lipinski definition) is 1. The SMILES string of the molecule is Cc1c(Cl)cccc1NC(=O)O/N=C(/Cl)C(C)C. The zero-order valence-corrected chi connectivity index (χ0v) is 11.8. The Bertz CT molecular complexity index is 473. The molecule has 1 rings (SSSR count). The van der Waals surface area contributed by atoms with E-state index in [9.17, 15) is 4.79 Å². The summed E-state index contributed by atoms with van der Waals surface area (Å²) in [6.07, 6.45) is -0.709. The molecule has 0 fully saturated rings. The first kappa shape index (κ1) is 14.8. The zero-order valence-electron chi connectivity index (χ0n) is 10.3. The average Bonchev–Trinajstić information content (AvgIpc) is 2.32. The number of carbonyl (C=O) groups is 1. The molecule has 1 N–H and O–H groups in total. The predicted octanol–water partition coefficient (Wildman–Crippen LogP) is 4.41. The van der Waals surface area contributed by atoms with Gasteiger partial charge in [-0.15, -0.1) is 0 Å². The molecule has 98 valence electrons. The highest BCUT2D eigenvalue weighted by Crippen LogP contribution is 2.22. The lowest BCUT2D eigenvalue weighted by atomic mass is 10.2. The summed E-state index contributed by atoms with van der Waals surface area (Å²) in [6.45, 7) is 5.48. The summed E-state index contributed by atoms with van der Waals surface area (Å²) in [5.74, 6) is 0.00683. The van der Waals surface area contributed by atoms with Gasteiger partial charge < -0.3 is 0 Å². The minimum absolute atomic E-state index is 0.00683. The van der Waals surface area contributed by atoms with E-state index >= 15 is 0 Å². The van der Waals surface area contributed by atoms with Crippen LogP contribution in [-0.4, -0.2) is 11.3 Å². The summed E-state index contributed by atoms with van der Waals surface area (Å²) < 4.78 is 0. The van der Waals surface area contributed by atoms with E-state index in [4.69, 9.17) is 23.2 Å². The monoisotopic (exact) mass is 288 g/mol. The molecular weight excluding hydrogens is 275 g/mol. The third-order valence-corrected chi connectivity index (χ3v) is 3.11. The van der Waals surface area contributed by atoms with Gasteiger partial charge in [-0.3, -0.25) is 10.2 Å². The Morgan fingerprint density at radius 1 is 1.44 bits per heavy atom.